The first-order chi connectivity index (χ1) is 17.6. The molecular weight excluding hydrogens is 637 g/mol. The molecule has 0 aliphatic rings. The van der Waals surface area contributed by atoms with Crippen LogP contribution in [0.2, 0.25) is 0 Å². The normalized spacial score (nSPS) is 12.8. The minimum atomic E-state index is -5.12. The fourth-order valence-electron chi connectivity index (χ4n) is 2.93. The van der Waals surface area contributed by atoms with Gasteiger partial charge in [-0.05, 0) is 77.9 Å². The lowest BCUT2D eigenvalue weighted by molar-refractivity contribution is -0.276. The van der Waals surface area contributed by atoms with Crippen LogP contribution < -0.4 is 14.2 Å². The Morgan fingerprint density at radius 3 is 2.16 bits per heavy atom. The third kappa shape index (κ3) is 11.5. The van der Waals surface area contributed by atoms with Crippen molar-refractivity contribution < 1.29 is 55.2 Å². The van der Waals surface area contributed by atoms with Gasteiger partial charge in [-0.2, -0.15) is 0 Å². The number of alkyl halides is 6. The predicted molar refractivity (Wildman–Crippen MR) is 132 cm³/mol. The van der Waals surface area contributed by atoms with E-state index in [4.69, 9.17) is 9.47 Å². The molecule has 0 aliphatic carbocycles. The van der Waals surface area contributed by atoms with Crippen molar-refractivity contribution in [3.63, 3.8) is 0 Å². The number of allylic oxidation sites excluding steroid dienone is 1. The number of carboxylic acid groups (broad SMARTS) is 1. The van der Waals surface area contributed by atoms with Gasteiger partial charge in [0.2, 0.25) is 0 Å². The van der Waals surface area contributed by atoms with Crippen molar-refractivity contribution in [2.75, 3.05) is 13.2 Å². The quantitative estimate of drug-likeness (QED) is 0.179. The lowest BCUT2D eigenvalue weighted by Crippen LogP contribution is -2.26. The molecule has 0 heterocycles. The molecule has 2 rings (SSSR count). The zero-order valence-corrected chi connectivity index (χ0v) is 22.0. The Kier molecular flexibility index (Phi) is 11.1. The topological polar surface area (TPSA) is 74.2 Å². The van der Waals surface area contributed by atoms with Gasteiger partial charge in [0, 0.05) is 24.7 Å². The van der Waals surface area contributed by atoms with Gasteiger partial charge >= 0.3 is 18.7 Å². The van der Waals surface area contributed by atoms with E-state index in [1.165, 1.54) is 0 Å². The van der Waals surface area contributed by atoms with Gasteiger partial charge in [-0.3, -0.25) is 0 Å². The van der Waals surface area contributed by atoms with E-state index in [1.54, 1.807) is 38.1 Å². The second-order valence-corrected chi connectivity index (χ2v) is 8.65. The molecule has 1 unspecified atom stereocenters. The number of rotatable bonds is 10. The monoisotopic (exact) mass is 658 g/mol. The minimum Gasteiger partial charge on any atom is -0.488 e. The molecule has 0 aliphatic heterocycles. The molecule has 0 saturated heterocycles. The molecule has 2 aromatic rings. The molecule has 38 heavy (non-hydrogen) atoms. The van der Waals surface area contributed by atoms with Gasteiger partial charge in [-0.25, -0.2) is 4.79 Å². The van der Waals surface area contributed by atoms with Crippen molar-refractivity contribution in [3.05, 3.63) is 62.7 Å². The maximum Gasteiger partial charge on any atom is 0.573 e. The van der Waals surface area contributed by atoms with Crippen LogP contribution in [-0.4, -0.2) is 43.1 Å². The van der Waals surface area contributed by atoms with Crippen LogP contribution in [0.3, 0.4) is 0 Å². The first kappa shape index (κ1) is 31.1. The number of ether oxygens (including phenoxy) is 4. The molecule has 2 aromatic carbocycles. The molecule has 1 atom stereocenters. The van der Waals surface area contributed by atoms with Crippen molar-refractivity contribution in [2.24, 2.45) is 0 Å². The van der Waals surface area contributed by atoms with Crippen molar-refractivity contribution in [1.29, 1.82) is 0 Å². The highest BCUT2D eigenvalue weighted by Crippen LogP contribution is 2.31. The third-order valence-corrected chi connectivity index (χ3v) is 5.28. The van der Waals surface area contributed by atoms with Gasteiger partial charge in [-0.1, -0.05) is 17.9 Å². The average Bonchev–Trinajstić information content (AvgIpc) is 2.76. The highest BCUT2D eigenvalue weighted by molar-refractivity contribution is 14.1. The van der Waals surface area contributed by atoms with E-state index < -0.39 is 36.3 Å². The fraction of sp³-hybridized carbons (Fsp3) is 0.320. The van der Waals surface area contributed by atoms with E-state index in [-0.39, 0.29) is 25.2 Å². The molecule has 6 nitrogen and oxygen atoms in total. The smallest absolute Gasteiger partial charge is 0.488 e. The van der Waals surface area contributed by atoms with E-state index in [2.05, 4.69) is 21.3 Å². The van der Waals surface area contributed by atoms with Crippen LogP contribution in [0.5, 0.6) is 17.2 Å². The molecular formula is C25H21F6IO6. The van der Waals surface area contributed by atoms with Crippen molar-refractivity contribution in [3.8, 4) is 29.1 Å². The Morgan fingerprint density at radius 1 is 1.05 bits per heavy atom. The second kappa shape index (κ2) is 13.6. The van der Waals surface area contributed by atoms with Crippen molar-refractivity contribution in [1.82, 2.24) is 0 Å². The number of aliphatic carboxylic acids is 1. The van der Waals surface area contributed by atoms with Crippen molar-refractivity contribution >= 4 is 28.6 Å². The Hall–Kier alpha value is -3.12. The van der Waals surface area contributed by atoms with Crippen LogP contribution in [0.25, 0.3) is 0 Å². The summed E-state index contributed by atoms with van der Waals surface area (Å²) in [6.07, 6.45) is -9.46. The van der Waals surface area contributed by atoms with Gasteiger partial charge in [-0.15, -0.1) is 26.3 Å². The molecule has 0 fully saturated rings. The molecule has 1 N–H and O–H groups in total. The Morgan fingerprint density at radius 2 is 1.66 bits per heavy atom. The number of carboxylic acids is 1. The first-order valence-electron chi connectivity index (χ1n) is 10.8. The molecule has 0 bridgehead atoms. The lowest BCUT2D eigenvalue weighted by atomic mass is 10.1. The summed E-state index contributed by atoms with van der Waals surface area (Å²) >= 11 is 2.03. The Bertz CT molecular complexity index is 1180. The standard InChI is InChI=1S/C25H21F6IO6/c1-3-35-22(23(33)34)13-17-6-7-21(20(32)12-17)36-9-8-15(2)4-5-16-10-18(37-24(26,27)28)14-19(11-16)38-25(29,30)31/h6-8,10-12,14,22H,3,9,13H2,1-2H3,(H,33,34). The van der Waals surface area contributed by atoms with Crippen LogP contribution in [0.1, 0.15) is 25.0 Å². The summed E-state index contributed by atoms with van der Waals surface area (Å²) in [4.78, 5) is 11.3. The van der Waals surface area contributed by atoms with Crippen LogP contribution >= 0.6 is 22.6 Å². The van der Waals surface area contributed by atoms with E-state index >= 15 is 0 Å². The summed E-state index contributed by atoms with van der Waals surface area (Å²) in [6.45, 7) is 3.61. The zero-order valence-electron chi connectivity index (χ0n) is 19.9. The summed E-state index contributed by atoms with van der Waals surface area (Å²) in [5.74, 6) is 2.71. The van der Waals surface area contributed by atoms with E-state index in [9.17, 15) is 36.2 Å². The molecule has 0 amide bonds. The van der Waals surface area contributed by atoms with E-state index in [1.807, 2.05) is 22.6 Å². The highest BCUT2D eigenvalue weighted by Gasteiger charge is 2.33. The van der Waals surface area contributed by atoms with Gasteiger partial charge in [0.05, 0.1) is 3.57 Å². The maximum atomic E-state index is 12.5. The van der Waals surface area contributed by atoms with Gasteiger partial charge in [0.25, 0.3) is 0 Å². The molecule has 0 saturated carbocycles. The van der Waals surface area contributed by atoms with E-state index in [0.29, 0.717) is 17.4 Å². The fourth-order valence-corrected chi connectivity index (χ4v) is 3.66. The largest absolute Gasteiger partial charge is 0.573 e. The summed E-state index contributed by atoms with van der Waals surface area (Å²) in [7, 11) is 0. The Labute approximate surface area is 227 Å². The molecule has 206 valence electrons. The number of carbonyl (C=O) groups is 1. The number of hydrogen-bond acceptors (Lipinski definition) is 5. The average molecular weight is 658 g/mol. The first-order valence-corrected chi connectivity index (χ1v) is 11.8. The lowest BCUT2D eigenvalue weighted by Gasteiger charge is -2.13. The summed E-state index contributed by atoms with van der Waals surface area (Å²) < 4.78 is 94.2. The molecule has 0 radical (unpaired) electrons. The molecule has 0 spiro atoms. The Balaban J connectivity index is 2.10. The SMILES string of the molecule is CCOC(Cc1ccc(OCC=C(C)C#Cc2cc(OC(F)(F)F)cc(OC(F)(F)F)c2)c(I)c1)C(=O)O. The predicted octanol–water partition coefficient (Wildman–Crippen LogP) is 6.50. The van der Waals surface area contributed by atoms with Crippen LogP contribution in [-0.2, 0) is 16.0 Å². The third-order valence-electron chi connectivity index (χ3n) is 4.44. The summed E-state index contributed by atoms with van der Waals surface area (Å²) in [5.41, 5.74) is 0.973. The molecule has 13 heteroatoms. The van der Waals surface area contributed by atoms with Crippen LogP contribution in [0, 0.1) is 15.4 Å². The van der Waals surface area contributed by atoms with Gasteiger partial charge in [0.15, 0.2) is 6.10 Å². The number of hydrogen-bond donors (Lipinski definition) is 1. The summed E-state index contributed by atoms with van der Waals surface area (Å²) in [5, 5.41) is 9.22. The second-order valence-electron chi connectivity index (χ2n) is 7.49. The van der Waals surface area contributed by atoms with Gasteiger partial charge < -0.3 is 24.1 Å². The molecule has 0 aromatic heterocycles. The zero-order chi connectivity index (χ0) is 28.5. The van der Waals surface area contributed by atoms with Crippen molar-refractivity contribution in [2.45, 2.75) is 39.1 Å². The van der Waals surface area contributed by atoms with Gasteiger partial charge in [0.1, 0.15) is 23.9 Å². The number of halogens is 7. The highest BCUT2D eigenvalue weighted by atomic mass is 127. The number of benzene rings is 2. The van der Waals surface area contributed by atoms with Crippen LogP contribution in [0.4, 0.5) is 26.3 Å². The minimum absolute atomic E-state index is 0.0617. The maximum absolute atomic E-state index is 12.5. The van der Waals surface area contributed by atoms with Crippen LogP contribution in [0.15, 0.2) is 48.0 Å². The summed E-state index contributed by atoms with van der Waals surface area (Å²) in [6, 6.07) is 7.26. The van der Waals surface area contributed by atoms with E-state index in [0.717, 1.165) is 21.3 Å².